The summed E-state index contributed by atoms with van der Waals surface area (Å²) >= 11 is 0. The Labute approximate surface area is 261 Å². The van der Waals surface area contributed by atoms with E-state index in [0.29, 0.717) is 23.9 Å². The molecule has 2 N–H and O–H groups in total. The fraction of sp³-hybridized carbons (Fsp3) is 0.242. The number of nitrogens with one attached hydrogen (secondary N) is 2. The van der Waals surface area contributed by atoms with Crippen LogP contribution in [-0.4, -0.2) is 55.6 Å². The molecular weight excluding hydrogens is 597 g/mol. The molecule has 0 bridgehead atoms. The number of likely N-dealkylation sites (tertiary alicyclic amines) is 1. The van der Waals surface area contributed by atoms with E-state index in [1.165, 1.54) is 37.3 Å². The van der Waals surface area contributed by atoms with Gasteiger partial charge in [-0.15, -0.1) is 0 Å². The maximum atomic E-state index is 14.2. The minimum absolute atomic E-state index is 0.00258. The molecule has 45 heavy (non-hydrogen) atoms. The first-order valence-electron chi connectivity index (χ1n) is 14.4. The van der Waals surface area contributed by atoms with Gasteiger partial charge in [-0.2, -0.15) is 0 Å². The van der Waals surface area contributed by atoms with Gasteiger partial charge in [0.05, 0.1) is 10.6 Å². The van der Waals surface area contributed by atoms with Gasteiger partial charge in [0.2, 0.25) is 11.8 Å². The van der Waals surface area contributed by atoms with Gasteiger partial charge in [0.25, 0.3) is 0 Å². The second-order valence-electron chi connectivity index (χ2n) is 10.9. The highest BCUT2D eigenvalue weighted by atomic mass is 32.2. The Hall–Kier alpha value is -4.81. The number of halogens is 1. The number of nitrogens with zero attached hydrogens (tertiary/aromatic N) is 3. The van der Waals surface area contributed by atoms with Crippen LogP contribution in [0.5, 0.6) is 11.6 Å². The van der Waals surface area contributed by atoms with Gasteiger partial charge in [0.1, 0.15) is 11.6 Å². The molecule has 0 saturated carbocycles. The van der Waals surface area contributed by atoms with Crippen LogP contribution in [0.2, 0.25) is 0 Å². The molecule has 4 aromatic rings. The molecule has 1 fully saturated rings. The molecular formula is C33H34FN5O5S. The van der Waals surface area contributed by atoms with Crippen LogP contribution in [0.25, 0.3) is 0 Å². The summed E-state index contributed by atoms with van der Waals surface area (Å²) in [5.74, 6) is -0.105. The van der Waals surface area contributed by atoms with Gasteiger partial charge in [-0.3, -0.25) is 14.6 Å². The Morgan fingerprint density at radius 2 is 1.69 bits per heavy atom. The van der Waals surface area contributed by atoms with Crippen molar-refractivity contribution < 1.29 is 27.1 Å². The van der Waals surface area contributed by atoms with E-state index in [9.17, 15) is 22.4 Å². The van der Waals surface area contributed by atoms with E-state index < -0.39 is 21.6 Å². The van der Waals surface area contributed by atoms with Crippen LogP contribution in [0, 0.1) is 5.82 Å². The average Bonchev–Trinajstić information content (AvgIpc) is 3.01. The molecule has 0 spiro atoms. The summed E-state index contributed by atoms with van der Waals surface area (Å²) in [5.41, 5.74) is 2.13. The number of amides is 3. The zero-order chi connectivity index (χ0) is 32.0. The molecule has 1 saturated heterocycles. The van der Waals surface area contributed by atoms with Crippen molar-refractivity contribution in [2.45, 2.75) is 37.2 Å². The quantitative estimate of drug-likeness (QED) is 0.230. The second-order valence-corrected chi connectivity index (χ2v) is 12.9. The third kappa shape index (κ3) is 8.43. The summed E-state index contributed by atoms with van der Waals surface area (Å²) in [6, 6.07) is 23.0. The van der Waals surface area contributed by atoms with Gasteiger partial charge in [-0.1, -0.05) is 24.3 Å². The molecule has 0 atom stereocenters. The molecule has 1 aliphatic heterocycles. The van der Waals surface area contributed by atoms with Crippen LogP contribution < -0.4 is 20.3 Å². The van der Waals surface area contributed by atoms with Crippen LogP contribution in [-0.2, 0) is 21.2 Å². The van der Waals surface area contributed by atoms with E-state index in [1.807, 2.05) is 36.4 Å². The van der Waals surface area contributed by atoms with E-state index in [-0.39, 0.29) is 22.7 Å². The Bertz CT molecular complexity index is 1740. The standard InChI is InChI=1S/C33H34FN5O5S/c1-23(40)36-31-20-25(9-14-30(31)34)37-33(41)39(26-6-4-3-5-7-26)27-16-18-38(19-17-27)22-24-8-15-32(35-21-24)44-28-10-12-29(13-11-28)45(2,42)43/h3-15,20-21,27H,16-19,22H2,1-2H3,(H,36,40)(H,37,41). The predicted molar refractivity (Wildman–Crippen MR) is 171 cm³/mol. The number of ether oxygens (including phenoxy) is 1. The van der Waals surface area contributed by atoms with Crippen LogP contribution in [0.15, 0.2) is 96.0 Å². The second kappa shape index (κ2) is 13.9. The van der Waals surface area contributed by atoms with Crippen LogP contribution in [0.4, 0.5) is 26.2 Å². The highest BCUT2D eigenvalue weighted by molar-refractivity contribution is 7.90. The highest BCUT2D eigenvalue weighted by Crippen LogP contribution is 2.27. The number of benzene rings is 3. The number of rotatable bonds is 9. The lowest BCUT2D eigenvalue weighted by molar-refractivity contribution is -0.114. The molecule has 0 aliphatic carbocycles. The lowest BCUT2D eigenvalue weighted by atomic mass is 10.0. The first kappa shape index (κ1) is 31.6. The lowest BCUT2D eigenvalue weighted by Crippen LogP contribution is -2.49. The molecule has 1 aromatic heterocycles. The zero-order valence-electron chi connectivity index (χ0n) is 24.9. The minimum atomic E-state index is -3.28. The number of piperidine rings is 1. The molecule has 3 aromatic carbocycles. The van der Waals surface area contributed by atoms with Gasteiger partial charge in [0.15, 0.2) is 9.84 Å². The van der Waals surface area contributed by atoms with E-state index in [2.05, 4.69) is 20.5 Å². The molecule has 234 valence electrons. The number of anilines is 3. The minimum Gasteiger partial charge on any atom is -0.439 e. The van der Waals surface area contributed by atoms with Crippen molar-refractivity contribution in [3.8, 4) is 11.6 Å². The van der Waals surface area contributed by atoms with Gasteiger partial charge in [-0.25, -0.2) is 22.6 Å². The number of hydrogen-bond donors (Lipinski definition) is 2. The Balaban J connectivity index is 1.20. The molecule has 3 amide bonds. The molecule has 10 nitrogen and oxygen atoms in total. The number of pyridine rings is 1. The summed E-state index contributed by atoms with van der Waals surface area (Å²) in [6.07, 6.45) is 4.39. The maximum absolute atomic E-state index is 14.2. The predicted octanol–water partition coefficient (Wildman–Crippen LogP) is 6.08. The largest absolute Gasteiger partial charge is 0.439 e. The van der Waals surface area contributed by atoms with Gasteiger partial charge < -0.3 is 15.4 Å². The molecule has 1 aliphatic rings. The van der Waals surface area contributed by atoms with Crippen molar-refractivity contribution in [1.82, 2.24) is 9.88 Å². The summed E-state index contributed by atoms with van der Waals surface area (Å²) in [6.45, 7) is 3.49. The van der Waals surface area contributed by atoms with Crippen LogP contribution >= 0.6 is 0 Å². The number of carbonyl (C=O) groups excluding carboxylic acids is 2. The molecule has 5 rings (SSSR count). The molecule has 12 heteroatoms. The third-order valence-electron chi connectivity index (χ3n) is 7.38. The highest BCUT2D eigenvalue weighted by Gasteiger charge is 2.29. The van der Waals surface area contributed by atoms with Crippen molar-refractivity contribution >= 4 is 38.8 Å². The number of sulfone groups is 1. The van der Waals surface area contributed by atoms with Crippen molar-refractivity contribution in [2.24, 2.45) is 0 Å². The van der Waals surface area contributed by atoms with E-state index >= 15 is 0 Å². The zero-order valence-corrected chi connectivity index (χ0v) is 25.8. The fourth-order valence-electron chi connectivity index (χ4n) is 5.19. The fourth-order valence-corrected chi connectivity index (χ4v) is 5.82. The summed E-state index contributed by atoms with van der Waals surface area (Å²) in [4.78, 5) is 33.7. The third-order valence-corrected chi connectivity index (χ3v) is 8.51. The number of para-hydroxylation sites is 1. The summed E-state index contributed by atoms with van der Waals surface area (Å²) in [7, 11) is -3.28. The van der Waals surface area contributed by atoms with Crippen molar-refractivity contribution in [3.05, 3.63) is 103 Å². The summed E-state index contributed by atoms with van der Waals surface area (Å²) in [5, 5.41) is 5.31. The number of carbonyl (C=O) groups is 2. The monoisotopic (exact) mass is 631 g/mol. The summed E-state index contributed by atoms with van der Waals surface area (Å²) < 4.78 is 43.3. The first-order valence-corrected chi connectivity index (χ1v) is 16.3. The van der Waals surface area contributed by atoms with Crippen molar-refractivity contribution in [2.75, 3.05) is 34.9 Å². The smallest absolute Gasteiger partial charge is 0.326 e. The normalized spacial score (nSPS) is 14.0. The number of aromatic nitrogens is 1. The lowest BCUT2D eigenvalue weighted by Gasteiger charge is -2.38. The Morgan fingerprint density at radius 3 is 2.31 bits per heavy atom. The van der Waals surface area contributed by atoms with E-state index in [1.54, 1.807) is 29.3 Å². The number of urea groups is 1. The van der Waals surface area contributed by atoms with E-state index in [4.69, 9.17) is 4.74 Å². The first-order chi connectivity index (χ1) is 21.5. The van der Waals surface area contributed by atoms with Gasteiger partial charge in [-0.05, 0) is 73.0 Å². The van der Waals surface area contributed by atoms with Crippen molar-refractivity contribution in [3.63, 3.8) is 0 Å². The van der Waals surface area contributed by atoms with Gasteiger partial charge >= 0.3 is 6.03 Å². The molecule has 0 radical (unpaired) electrons. The Kier molecular flexibility index (Phi) is 9.74. The van der Waals surface area contributed by atoms with Crippen LogP contribution in [0.1, 0.15) is 25.3 Å². The van der Waals surface area contributed by atoms with E-state index in [0.717, 1.165) is 43.4 Å². The maximum Gasteiger partial charge on any atom is 0.326 e. The van der Waals surface area contributed by atoms with Crippen molar-refractivity contribution in [1.29, 1.82) is 0 Å². The SMILES string of the molecule is CC(=O)Nc1cc(NC(=O)N(c2ccccc2)C2CCN(Cc3ccc(Oc4ccc(S(C)(=O)=O)cc4)nc3)CC2)ccc1F. The molecule has 0 unspecified atom stereocenters. The Morgan fingerprint density at radius 1 is 0.978 bits per heavy atom. The number of hydrogen-bond acceptors (Lipinski definition) is 7. The van der Waals surface area contributed by atoms with Crippen LogP contribution in [0.3, 0.4) is 0 Å². The topological polar surface area (TPSA) is 121 Å². The average molecular weight is 632 g/mol. The van der Waals surface area contributed by atoms with Gasteiger partial charge in [0, 0.05) is 62.5 Å². The molecule has 2 heterocycles.